The second-order valence-electron chi connectivity index (χ2n) is 5.67. The maximum atomic E-state index is 4.88. The van der Waals surface area contributed by atoms with E-state index >= 15 is 0 Å². The third-order valence-electron chi connectivity index (χ3n) is 3.80. The standard InChI is InChI=1S/C19H19N/c1-12-5-7-17(14(3)9-12)19-15(4)11-16-10-13(2)6-8-18(16)20-19/h5-11H,1-4H3. The Labute approximate surface area is 120 Å². The number of fused-ring (bicyclic) bond motifs is 1. The van der Waals surface area contributed by atoms with E-state index in [9.17, 15) is 0 Å². The van der Waals surface area contributed by atoms with Crippen LogP contribution in [-0.4, -0.2) is 4.98 Å². The van der Waals surface area contributed by atoms with Crippen molar-refractivity contribution in [3.05, 3.63) is 64.7 Å². The van der Waals surface area contributed by atoms with Crippen LogP contribution in [0.1, 0.15) is 22.3 Å². The van der Waals surface area contributed by atoms with Crippen LogP contribution in [0.3, 0.4) is 0 Å². The Hall–Kier alpha value is -2.15. The van der Waals surface area contributed by atoms with E-state index in [0.29, 0.717) is 0 Å². The van der Waals surface area contributed by atoms with Crippen molar-refractivity contribution in [1.29, 1.82) is 0 Å². The minimum Gasteiger partial charge on any atom is -0.248 e. The summed E-state index contributed by atoms with van der Waals surface area (Å²) < 4.78 is 0. The molecule has 0 amide bonds. The summed E-state index contributed by atoms with van der Waals surface area (Å²) in [5, 5.41) is 1.22. The maximum absolute atomic E-state index is 4.88. The fourth-order valence-corrected chi connectivity index (χ4v) is 2.75. The lowest BCUT2D eigenvalue weighted by atomic mass is 9.98. The maximum Gasteiger partial charge on any atom is 0.0741 e. The van der Waals surface area contributed by atoms with Crippen LogP contribution in [0.5, 0.6) is 0 Å². The highest BCUT2D eigenvalue weighted by Gasteiger charge is 2.09. The molecule has 0 unspecified atom stereocenters. The minimum atomic E-state index is 1.07. The molecule has 1 nitrogen and oxygen atoms in total. The molecule has 0 aliphatic rings. The van der Waals surface area contributed by atoms with Gasteiger partial charge in [-0.15, -0.1) is 0 Å². The number of aryl methyl sites for hydroxylation is 4. The van der Waals surface area contributed by atoms with Crippen LogP contribution >= 0.6 is 0 Å². The van der Waals surface area contributed by atoms with Crippen molar-refractivity contribution in [2.75, 3.05) is 0 Å². The van der Waals surface area contributed by atoms with Gasteiger partial charge in [0.2, 0.25) is 0 Å². The van der Waals surface area contributed by atoms with E-state index in [1.807, 2.05) is 0 Å². The molecule has 1 heterocycles. The molecule has 0 fully saturated rings. The van der Waals surface area contributed by atoms with Gasteiger partial charge in [0, 0.05) is 10.9 Å². The number of hydrogen-bond donors (Lipinski definition) is 0. The van der Waals surface area contributed by atoms with E-state index in [0.717, 1.165) is 11.2 Å². The second kappa shape index (κ2) is 4.75. The van der Waals surface area contributed by atoms with Gasteiger partial charge in [-0.25, -0.2) is 4.98 Å². The molecule has 0 aliphatic heterocycles. The highest BCUT2D eigenvalue weighted by Crippen LogP contribution is 2.28. The quantitative estimate of drug-likeness (QED) is 0.591. The fraction of sp³-hybridized carbons (Fsp3) is 0.211. The summed E-state index contributed by atoms with van der Waals surface area (Å²) in [5.74, 6) is 0. The van der Waals surface area contributed by atoms with E-state index in [4.69, 9.17) is 4.98 Å². The molecule has 0 spiro atoms. The van der Waals surface area contributed by atoms with E-state index in [1.165, 1.54) is 33.2 Å². The smallest absolute Gasteiger partial charge is 0.0741 e. The first-order valence-electron chi connectivity index (χ1n) is 7.00. The zero-order valence-corrected chi connectivity index (χ0v) is 12.5. The van der Waals surface area contributed by atoms with Gasteiger partial charge in [-0.3, -0.25) is 0 Å². The first kappa shape index (κ1) is 12.9. The highest BCUT2D eigenvalue weighted by molar-refractivity contribution is 5.84. The minimum absolute atomic E-state index is 1.07. The SMILES string of the molecule is Cc1ccc(-c2nc3ccc(C)cc3cc2C)c(C)c1. The van der Waals surface area contributed by atoms with E-state index in [2.05, 4.69) is 70.2 Å². The predicted molar refractivity (Wildman–Crippen MR) is 86.1 cm³/mol. The van der Waals surface area contributed by atoms with Gasteiger partial charge < -0.3 is 0 Å². The van der Waals surface area contributed by atoms with E-state index < -0.39 is 0 Å². The Morgan fingerprint density at radius 3 is 2.15 bits per heavy atom. The first-order chi connectivity index (χ1) is 9.54. The Balaban J connectivity index is 2.25. The fourth-order valence-electron chi connectivity index (χ4n) is 2.75. The van der Waals surface area contributed by atoms with Crippen molar-refractivity contribution in [2.24, 2.45) is 0 Å². The van der Waals surface area contributed by atoms with Crippen LogP contribution in [0.4, 0.5) is 0 Å². The van der Waals surface area contributed by atoms with Gasteiger partial charge >= 0.3 is 0 Å². The summed E-state index contributed by atoms with van der Waals surface area (Å²) in [7, 11) is 0. The predicted octanol–water partition coefficient (Wildman–Crippen LogP) is 5.14. The molecule has 20 heavy (non-hydrogen) atoms. The number of nitrogens with zero attached hydrogens (tertiary/aromatic N) is 1. The topological polar surface area (TPSA) is 12.9 Å². The first-order valence-corrected chi connectivity index (χ1v) is 7.00. The number of pyridine rings is 1. The molecule has 0 atom stereocenters. The van der Waals surface area contributed by atoms with Gasteiger partial charge in [-0.1, -0.05) is 35.4 Å². The molecule has 0 aliphatic carbocycles. The van der Waals surface area contributed by atoms with Crippen LogP contribution in [0, 0.1) is 27.7 Å². The molecule has 3 aromatic rings. The molecule has 1 aromatic heterocycles. The van der Waals surface area contributed by atoms with Crippen molar-refractivity contribution in [2.45, 2.75) is 27.7 Å². The zero-order chi connectivity index (χ0) is 14.3. The summed E-state index contributed by atoms with van der Waals surface area (Å²) in [5.41, 5.74) is 8.48. The number of aromatic nitrogens is 1. The van der Waals surface area contributed by atoms with Gasteiger partial charge in [0.25, 0.3) is 0 Å². The van der Waals surface area contributed by atoms with Gasteiger partial charge in [0.1, 0.15) is 0 Å². The van der Waals surface area contributed by atoms with Crippen molar-refractivity contribution in [3.8, 4) is 11.3 Å². The summed E-state index contributed by atoms with van der Waals surface area (Å²) in [4.78, 5) is 4.88. The van der Waals surface area contributed by atoms with Gasteiger partial charge in [-0.2, -0.15) is 0 Å². The molecule has 3 rings (SSSR count). The third-order valence-corrected chi connectivity index (χ3v) is 3.80. The van der Waals surface area contributed by atoms with Crippen LogP contribution < -0.4 is 0 Å². The molecular formula is C19H19N. The molecule has 0 radical (unpaired) electrons. The lowest BCUT2D eigenvalue weighted by Gasteiger charge is -2.11. The Kier molecular flexibility index (Phi) is 3.06. The number of hydrogen-bond acceptors (Lipinski definition) is 1. The summed E-state index contributed by atoms with van der Waals surface area (Å²) >= 11 is 0. The normalized spacial score (nSPS) is 11.0. The van der Waals surface area contributed by atoms with Crippen LogP contribution in [0.25, 0.3) is 22.2 Å². The van der Waals surface area contributed by atoms with Crippen molar-refractivity contribution < 1.29 is 0 Å². The summed E-state index contributed by atoms with van der Waals surface area (Å²) in [6.07, 6.45) is 0. The number of rotatable bonds is 1. The monoisotopic (exact) mass is 261 g/mol. The highest BCUT2D eigenvalue weighted by atomic mass is 14.7. The summed E-state index contributed by atoms with van der Waals surface area (Å²) in [6, 6.07) is 15.2. The Morgan fingerprint density at radius 1 is 0.700 bits per heavy atom. The number of benzene rings is 2. The van der Waals surface area contributed by atoms with Crippen molar-refractivity contribution >= 4 is 10.9 Å². The molecule has 0 N–H and O–H groups in total. The van der Waals surface area contributed by atoms with E-state index in [-0.39, 0.29) is 0 Å². The van der Waals surface area contributed by atoms with E-state index in [1.54, 1.807) is 0 Å². The molecule has 0 saturated heterocycles. The Bertz CT molecular complexity index is 800. The lowest BCUT2D eigenvalue weighted by Crippen LogP contribution is -1.93. The van der Waals surface area contributed by atoms with Crippen LogP contribution in [-0.2, 0) is 0 Å². The summed E-state index contributed by atoms with van der Waals surface area (Å²) in [6.45, 7) is 8.54. The van der Waals surface area contributed by atoms with Gasteiger partial charge in [0.05, 0.1) is 11.2 Å². The van der Waals surface area contributed by atoms with Gasteiger partial charge in [0.15, 0.2) is 0 Å². The van der Waals surface area contributed by atoms with Crippen LogP contribution in [0.15, 0.2) is 42.5 Å². The van der Waals surface area contributed by atoms with Crippen molar-refractivity contribution in [1.82, 2.24) is 4.98 Å². The second-order valence-corrected chi connectivity index (χ2v) is 5.67. The average Bonchev–Trinajstić information content (AvgIpc) is 2.38. The average molecular weight is 261 g/mol. The molecule has 100 valence electrons. The molecule has 0 bridgehead atoms. The zero-order valence-electron chi connectivity index (χ0n) is 12.5. The van der Waals surface area contributed by atoms with Crippen molar-refractivity contribution in [3.63, 3.8) is 0 Å². The third kappa shape index (κ3) is 2.20. The molecule has 0 saturated carbocycles. The molecule has 2 aromatic carbocycles. The lowest BCUT2D eigenvalue weighted by molar-refractivity contribution is 1.29. The Morgan fingerprint density at radius 2 is 1.40 bits per heavy atom. The van der Waals surface area contributed by atoms with Gasteiger partial charge in [-0.05, 0) is 57.0 Å². The largest absolute Gasteiger partial charge is 0.248 e. The molecule has 1 heteroatoms. The molecular weight excluding hydrogens is 242 g/mol. The van der Waals surface area contributed by atoms with Crippen LogP contribution in [0.2, 0.25) is 0 Å².